The van der Waals surface area contributed by atoms with E-state index in [0.717, 1.165) is 54.9 Å². The second-order valence-electron chi connectivity index (χ2n) is 12.4. The zero-order valence-corrected chi connectivity index (χ0v) is 26.8. The second kappa shape index (κ2) is 12.6. The Hall–Kier alpha value is -5.40. The highest BCUT2D eigenvalue weighted by molar-refractivity contribution is 6.68. The molecule has 0 atom stereocenters. The van der Waals surface area contributed by atoms with Gasteiger partial charge in [0.25, 0.3) is 0 Å². The fourth-order valence-electron chi connectivity index (χ4n) is 7.04. The molecular weight excluding hydrogens is 583 g/mol. The molecule has 0 aliphatic carbocycles. The lowest BCUT2D eigenvalue weighted by Gasteiger charge is -2.23. The summed E-state index contributed by atoms with van der Waals surface area (Å²) in [5, 5.41) is 4.46. The van der Waals surface area contributed by atoms with E-state index in [1.165, 1.54) is 16.7 Å². The van der Waals surface area contributed by atoms with Gasteiger partial charge in [-0.2, -0.15) is 0 Å². The Morgan fingerprint density at radius 2 is 0.551 bits per heavy atom. The maximum atomic E-state index is 6.58. The first-order valence-electron chi connectivity index (χ1n) is 16.2. The predicted molar refractivity (Wildman–Crippen MR) is 216 cm³/mol. The van der Waals surface area contributed by atoms with Crippen LogP contribution >= 0.6 is 0 Å². The molecule has 0 heterocycles. The largest absolute Gasteiger partial charge is 0.113 e. The highest BCUT2D eigenvalue weighted by Gasteiger charge is 2.19. The van der Waals surface area contributed by atoms with Crippen molar-refractivity contribution >= 4 is 88.1 Å². The molecule has 0 aliphatic heterocycles. The van der Waals surface area contributed by atoms with Crippen molar-refractivity contribution in [3.8, 4) is 55.6 Å². The second-order valence-corrected chi connectivity index (χ2v) is 12.4. The predicted octanol–water partition coefficient (Wildman–Crippen LogP) is 6.30. The van der Waals surface area contributed by atoms with Crippen molar-refractivity contribution in [2.75, 3.05) is 0 Å². The van der Waals surface area contributed by atoms with E-state index in [1.807, 2.05) is 18.2 Å². The van der Waals surface area contributed by atoms with Crippen molar-refractivity contribution < 1.29 is 0 Å². The Kier molecular flexibility index (Phi) is 7.93. The summed E-state index contributed by atoms with van der Waals surface area (Å²) in [6, 6.07) is 53.4. The van der Waals surface area contributed by atoms with Crippen molar-refractivity contribution in [2.24, 2.45) is 0 Å². The number of fused-ring (bicyclic) bond motifs is 2. The molecule has 8 rings (SSSR count). The van der Waals surface area contributed by atoms with Crippen LogP contribution in [0.25, 0.3) is 77.2 Å². The van der Waals surface area contributed by atoms with Crippen LogP contribution in [0.3, 0.4) is 0 Å². The van der Waals surface area contributed by atoms with Crippen LogP contribution < -0.4 is 27.3 Å². The molecule has 0 nitrogen and oxygen atoms in total. The summed E-state index contributed by atoms with van der Waals surface area (Å²) in [6.45, 7) is 0. The lowest BCUT2D eigenvalue weighted by molar-refractivity contribution is 1.60. The van der Waals surface area contributed by atoms with Gasteiger partial charge in [-0.1, -0.05) is 157 Å². The summed E-state index contributed by atoms with van der Waals surface area (Å²) in [6.07, 6.45) is 0. The van der Waals surface area contributed by atoms with Crippen LogP contribution in [-0.2, 0) is 0 Å². The summed E-state index contributed by atoms with van der Waals surface area (Å²) < 4.78 is 0. The molecule has 8 aromatic carbocycles. The average molecular weight is 608 g/mol. The molecule has 49 heavy (non-hydrogen) atoms. The lowest BCUT2D eigenvalue weighted by Crippen LogP contribution is -2.55. The standard InChI is InChI=1S/C44H25B5/c45-40-39(41(46)43(48)44(49)42(40)47)32-23-24-35-36(25-32)38(31-21-17-29(18-22-31)27-11-5-2-6-12-27)34-14-8-7-13-33(34)37(35)30-19-15-28(16-20-30)26-9-3-1-4-10-26/h1-25H. The summed E-state index contributed by atoms with van der Waals surface area (Å²) in [5.74, 6) is 0. The van der Waals surface area contributed by atoms with E-state index in [4.69, 9.17) is 39.2 Å². The minimum absolute atomic E-state index is 0.200. The number of hydrogen-bond donors (Lipinski definition) is 0. The fourth-order valence-corrected chi connectivity index (χ4v) is 7.04. The Bertz CT molecular complexity index is 2480. The maximum absolute atomic E-state index is 6.58. The molecule has 0 saturated heterocycles. The van der Waals surface area contributed by atoms with E-state index in [9.17, 15) is 0 Å². The van der Waals surface area contributed by atoms with Crippen LogP contribution in [0.1, 0.15) is 0 Å². The van der Waals surface area contributed by atoms with Gasteiger partial charge >= 0.3 is 0 Å². The highest BCUT2D eigenvalue weighted by atomic mass is 14.2. The average Bonchev–Trinajstić information content (AvgIpc) is 3.16. The first-order valence-corrected chi connectivity index (χ1v) is 16.2. The third-order valence-electron chi connectivity index (χ3n) is 9.57. The summed E-state index contributed by atoms with van der Waals surface area (Å²) in [4.78, 5) is 0. The smallest absolute Gasteiger partial charge is 0.112 e. The Balaban J connectivity index is 1.42. The van der Waals surface area contributed by atoms with Crippen LogP contribution in [0.2, 0.25) is 0 Å². The monoisotopic (exact) mass is 608 g/mol. The molecule has 8 aromatic rings. The van der Waals surface area contributed by atoms with Gasteiger partial charge in [0.05, 0.1) is 0 Å². The van der Waals surface area contributed by atoms with Crippen molar-refractivity contribution in [2.45, 2.75) is 0 Å². The van der Waals surface area contributed by atoms with Gasteiger partial charge in [0.1, 0.15) is 39.2 Å². The van der Waals surface area contributed by atoms with Gasteiger partial charge < -0.3 is 0 Å². The molecule has 5 heteroatoms. The first-order chi connectivity index (χ1) is 23.9. The third-order valence-corrected chi connectivity index (χ3v) is 9.57. The zero-order valence-electron chi connectivity index (χ0n) is 26.8. The van der Waals surface area contributed by atoms with Gasteiger partial charge in [-0.3, -0.25) is 0 Å². The topological polar surface area (TPSA) is 0 Å². The van der Waals surface area contributed by atoms with Crippen LogP contribution in [0.4, 0.5) is 0 Å². The van der Waals surface area contributed by atoms with E-state index in [1.54, 1.807) is 0 Å². The van der Waals surface area contributed by atoms with Crippen LogP contribution in [0.5, 0.6) is 0 Å². The maximum Gasteiger partial charge on any atom is 0.113 e. The van der Waals surface area contributed by atoms with Crippen molar-refractivity contribution in [3.63, 3.8) is 0 Å². The molecule has 0 aromatic heterocycles. The Labute approximate surface area is 294 Å². The van der Waals surface area contributed by atoms with E-state index >= 15 is 0 Å². The molecule has 0 saturated carbocycles. The zero-order chi connectivity index (χ0) is 33.6. The summed E-state index contributed by atoms with van der Waals surface area (Å²) >= 11 is 0. The molecule has 0 aliphatic rings. The number of rotatable bonds is 5. The van der Waals surface area contributed by atoms with Crippen molar-refractivity contribution in [3.05, 3.63) is 152 Å². The van der Waals surface area contributed by atoms with Crippen LogP contribution in [-0.4, -0.2) is 39.2 Å². The molecule has 0 unspecified atom stereocenters. The Morgan fingerprint density at radius 1 is 0.224 bits per heavy atom. The summed E-state index contributed by atoms with van der Waals surface area (Å²) in [7, 11) is 32.0. The van der Waals surface area contributed by atoms with Crippen molar-refractivity contribution in [1.82, 2.24) is 0 Å². The van der Waals surface area contributed by atoms with Crippen LogP contribution in [0.15, 0.2) is 152 Å². The fraction of sp³-hybridized carbons (Fsp3) is 0. The van der Waals surface area contributed by atoms with Gasteiger partial charge in [-0.25, -0.2) is 0 Å². The van der Waals surface area contributed by atoms with Gasteiger partial charge in [0.15, 0.2) is 0 Å². The quantitative estimate of drug-likeness (QED) is 0.159. The van der Waals surface area contributed by atoms with Crippen molar-refractivity contribution in [1.29, 1.82) is 0 Å². The normalized spacial score (nSPS) is 11.3. The van der Waals surface area contributed by atoms with Crippen LogP contribution in [0, 0.1) is 0 Å². The minimum Gasteiger partial charge on any atom is -0.112 e. The van der Waals surface area contributed by atoms with E-state index in [0.29, 0.717) is 16.5 Å². The van der Waals surface area contributed by atoms with E-state index < -0.39 is 0 Å². The van der Waals surface area contributed by atoms with Gasteiger partial charge in [-0.15, -0.1) is 16.4 Å². The minimum atomic E-state index is 0.200. The van der Waals surface area contributed by atoms with Gasteiger partial charge in [-0.05, 0) is 83.2 Å². The molecule has 10 radical (unpaired) electrons. The number of hydrogen-bond acceptors (Lipinski definition) is 0. The molecule has 0 bridgehead atoms. The molecule has 0 fully saturated rings. The Morgan fingerprint density at radius 3 is 1.02 bits per heavy atom. The third kappa shape index (κ3) is 5.35. The lowest BCUT2D eigenvalue weighted by atomic mass is 9.59. The molecule has 216 valence electrons. The van der Waals surface area contributed by atoms with Gasteiger partial charge in [0.2, 0.25) is 0 Å². The molecular formula is C44H25B5. The highest BCUT2D eigenvalue weighted by Crippen LogP contribution is 2.45. The molecule has 0 N–H and O–H groups in total. The van der Waals surface area contributed by atoms with E-state index in [-0.39, 0.29) is 16.4 Å². The summed E-state index contributed by atoms with van der Waals surface area (Å²) in [5.41, 5.74) is 11.8. The molecule has 0 spiro atoms. The van der Waals surface area contributed by atoms with E-state index in [2.05, 4.69) is 133 Å². The first kappa shape index (κ1) is 30.9. The molecule has 0 amide bonds. The number of benzene rings is 8. The van der Waals surface area contributed by atoms with Gasteiger partial charge in [0, 0.05) is 0 Å². The SMILES string of the molecule is [B]c1c([B])c([B])c(-c2ccc3c(-c4ccc(-c5ccccc5)cc4)c4ccccc4c(-c4ccc(-c5ccccc5)cc4)c3c2)c([B])c1[B].